The van der Waals surface area contributed by atoms with E-state index >= 15 is 0 Å². The molecule has 2 aromatic heterocycles. The molecule has 10 heteroatoms. The third-order valence-corrected chi connectivity index (χ3v) is 4.62. The Hall–Kier alpha value is -2.42. The highest BCUT2D eigenvalue weighted by Crippen LogP contribution is 2.28. The maximum Gasteiger partial charge on any atom is 0.295 e. The van der Waals surface area contributed by atoms with Crippen LogP contribution in [0.1, 0.15) is 23.4 Å². The molecule has 3 aromatic rings. The van der Waals surface area contributed by atoms with E-state index in [1.165, 1.54) is 4.68 Å². The van der Waals surface area contributed by atoms with E-state index in [0.29, 0.717) is 33.7 Å². The van der Waals surface area contributed by atoms with Gasteiger partial charge in [0.05, 0.1) is 28.5 Å². The molecular formula is C18H21Cl2N7O. The average Bonchev–Trinajstić information content (AvgIpc) is 3.27. The fourth-order valence-corrected chi connectivity index (χ4v) is 3.14. The van der Waals surface area contributed by atoms with Crippen LogP contribution in [0.4, 0.5) is 5.69 Å². The second-order valence-electron chi connectivity index (χ2n) is 6.44. The standard InChI is InChI=1S/C18H21Cl2N7O/c1-4-15-23-17(24-27(15)16-13(19)6-5-7-14(16)20)18(28)22-12-10-21-26(11-12)9-8-25(2)3/h5-7,10-11H,4,8-9H2,1-3H3,(H,22,28). The average molecular weight is 422 g/mol. The molecule has 1 aromatic carbocycles. The van der Waals surface area contributed by atoms with Crippen LogP contribution in [0.15, 0.2) is 30.6 Å². The van der Waals surface area contributed by atoms with Crippen molar-refractivity contribution in [2.24, 2.45) is 0 Å². The van der Waals surface area contributed by atoms with Crippen molar-refractivity contribution in [2.75, 3.05) is 26.0 Å². The molecule has 148 valence electrons. The molecule has 0 bridgehead atoms. The molecule has 0 unspecified atom stereocenters. The molecule has 28 heavy (non-hydrogen) atoms. The molecule has 0 atom stereocenters. The van der Waals surface area contributed by atoms with E-state index in [1.807, 2.05) is 21.0 Å². The Morgan fingerprint density at radius 1 is 1.25 bits per heavy atom. The largest absolute Gasteiger partial charge is 0.316 e. The van der Waals surface area contributed by atoms with Crippen LogP contribution < -0.4 is 5.32 Å². The van der Waals surface area contributed by atoms with Gasteiger partial charge in [0.1, 0.15) is 11.5 Å². The number of aryl methyl sites for hydroxylation is 1. The van der Waals surface area contributed by atoms with Crippen molar-refractivity contribution < 1.29 is 4.79 Å². The number of nitrogens with one attached hydrogen (secondary N) is 1. The molecule has 0 aliphatic rings. The van der Waals surface area contributed by atoms with Gasteiger partial charge in [-0.15, -0.1) is 5.10 Å². The lowest BCUT2D eigenvalue weighted by atomic mass is 10.3. The molecule has 0 radical (unpaired) electrons. The molecule has 0 spiro atoms. The van der Waals surface area contributed by atoms with Crippen LogP contribution in [0.25, 0.3) is 5.69 Å². The summed E-state index contributed by atoms with van der Waals surface area (Å²) >= 11 is 12.6. The van der Waals surface area contributed by atoms with Crippen molar-refractivity contribution in [1.29, 1.82) is 0 Å². The van der Waals surface area contributed by atoms with Crippen LogP contribution in [0.3, 0.4) is 0 Å². The van der Waals surface area contributed by atoms with Gasteiger partial charge in [-0.3, -0.25) is 9.48 Å². The van der Waals surface area contributed by atoms with E-state index in [9.17, 15) is 4.79 Å². The van der Waals surface area contributed by atoms with Gasteiger partial charge in [-0.2, -0.15) is 5.10 Å². The minimum atomic E-state index is -0.427. The van der Waals surface area contributed by atoms with Gasteiger partial charge < -0.3 is 10.2 Å². The van der Waals surface area contributed by atoms with Crippen LogP contribution in [0.5, 0.6) is 0 Å². The number of benzene rings is 1. The minimum Gasteiger partial charge on any atom is -0.316 e. The second-order valence-corrected chi connectivity index (χ2v) is 7.25. The van der Waals surface area contributed by atoms with Crippen LogP contribution >= 0.6 is 23.2 Å². The summed E-state index contributed by atoms with van der Waals surface area (Å²) in [5.74, 6) is 0.194. The van der Waals surface area contributed by atoms with Gasteiger partial charge in [0.15, 0.2) is 0 Å². The minimum absolute atomic E-state index is 0.0360. The number of hydrogen-bond acceptors (Lipinski definition) is 5. The first kappa shape index (κ1) is 20.3. The Labute approximate surface area is 173 Å². The Balaban J connectivity index is 1.81. The predicted octanol–water partition coefficient (Wildman–Crippen LogP) is 3.15. The number of likely N-dealkylation sites (N-methyl/N-ethyl adjacent to an activating group) is 1. The highest BCUT2D eigenvalue weighted by molar-refractivity contribution is 6.37. The lowest BCUT2D eigenvalue weighted by molar-refractivity contribution is 0.101. The van der Waals surface area contributed by atoms with Gasteiger partial charge in [-0.1, -0.05) is 36.2 Å². The fraction of sp³-hybridized carbons (Fsp3) is 0.333. The zero-order chi connectivity index (χ0) is 20.3. The molecule has 1 amide bonds. The van der Waals surface area contributed by atoms with Crippen molar-refractivity contribution in [3.05, 3.63) is 52.3 Å². The Bertz CT molecular complexity index is 960. The number of carbonyl (C=O) groups is 1. The first-order valence-electron chi connectivity index (χ1n) is 8.78. The molecule has 0 saturated carbocycles. The number of anilines is 1. The fourth-order valence-electron chi connectivity index (χ4n) is 2.58. The highest BCUT2D eigenvalue weighted by Gasteiger charge is 2.20. The van der Waals surface area contributed by atoms with Crippen molar-refractivity contribution in [3.63, 3.8) is 0 Å². The SMILES string of the molecule is CCc1nc(C(=O)Nc2cnn(CCN(C)C)c2)nn1-c1c(Cl)cccc1Cl. The molecule has 8 nitrogen and oxygen atoms in total. The van der Waals surface area contributed by atoms with Crippen molar-refractivity contribution in [3.8, 4) is 5.69 Å². The summed E-state index contributed by atoms with van der Waals surface area (Å²) in [4.78, 5) is 19.0. The molecule has 0 aliphatic carbocycles. The molecule has 0 aliphatic heterocycles. The molecule has 2 heterocycles. The van der Waals surface area contributed by atoms with Crippen LogP contribution in [-0.4, -0.2) is 56.0 Å². The summed E-state index contributed by atoms with van der Waals surface area (Å²) in [6, 6.07) is 5.18. The van der Waals surface area contributed by atoms with E-state index in [0.717, 1.165) is 13.1 Å². The van der Waals surface area contributed by atoms with E-state index in [4.69, 9.17) is 23.2 Å². The second kappa shape index (κ2) is 8.72. The van der Waals surface area contributed by atoms with E-state index in [-0.39, 0.29) is 5.82 Å². The highest BCUT2D eigenvalue weighted by atomic mass is 35.5. The number of para-hydroxylation sites is 1. The Kier molecular flexibility index (Phi) is 6.33. The zero-order valence-corrected chi connectivity index (χ0v) is 17.4. The molecular weight excluding hydrogens is 401 g/mol. The van der Waals surface area contributed by atoms with E-state index in [1.54, 1.807) is 35.3 Å². The van der Waals surface area contributed by atoms with Gasteiger partial charge in [-0.05, 0) is 26.2 Å². The third kappa shape index (κ3) is 4.52. The van der Waals surface area contributed by atoms with E-state index in [2.05, 4.69) is 25.4 Å². The van der Waals surface area contributed by atoms with Crippen molar-refractivity contribution >= 4 is 34.8 Å². The summed E-state index contributed by atoms with van der Waals surface area (Å²) in [7, 11) is 3.98. The topological polar surface area (TPSA) is 80.9 Å². The van der Waals surface area contributed by atoms with Crippen LogP contribution in [0.2, 0.25) is 10.0 Å². The monoisotopic (exact) mass is 421 g/mol. The zero-order valence-electron chi connectivity index (χ0n) is 15.9. The number of hydrogen-bond donors (Lipinski definition) is 1. The number of carbonyl (C=O) groups excluding carboxylic acids is 1. The van der Waals surface area contributed by atoms with Gasteiger partial charge >= 0.3 is 0 Å². The quantitative estimate of drug-likeness (QED) is 0.633. The van der Waals surface area contributed by atoms with Gasteiger partial charge in [0.2, 0.25) is 5.82 Å². The lowest BCUT2D eigenvalue weighted by Gasteiger charge is -2.08. The third-order valence-electron chi connectivity index (χ3n) is 4.01. The van der Waals surface area contributed by atoms with Crippen LogP contribution in [0, 0.1) is 0 Å². The maximum absolute atomic E-state index is 12.6. The summed E-state index contributed by atoms with van der Waals surface area (Å²) in [6.07, 6.45) is 3.92. The number of halogens is 2. The van der Waals surface area contributed by atoms with Crippen molar-refractivity contribution in [2.45, 2.75) is 19.9 Å². The Morgan fingerprint density at radius 3 is 2.61 bits per heavy atom. The lowest BCUT2D eigenvalue weighted by Crippen LogP contribution is -2.18. The van der Waals surface area contributed by atoms with Crippen LogP contribution in [-0.2, 0) is 13.0 Å². The molecule has 0 fully saturated rings. The van der Waals surface area contributed by atoms with E-state index < -0.39 is 5.91 Å². The van der Waals surface area contributed by atoms with Gasteiger partial charge in [0.25, 0.3) is 5.91 Å². The summed E-state index contributed by atoms with van der Waals surface area (Å²) < 4.78 is 3.28. The molecule has 0 saturated heterocycles. The normalized spacial score (nSPS) is 11.2. The molecule has 3 rings (SSSR count). The van der Waals surface area contributed by atoms with Crippen molar-refractivity contribution in [1.82, 2.24) is 29.4 Å². The summed E-state index contributed by atoms with van der Waals surface area (Å²) in [5, 5.41) is 12.2. The molecule has 1 N–H and O–H groups in total. The smallest absolute Gasteiger partial charge is 0.295 e. The first-order chi connectivity index (χ1) is 13.4. The summed E-state index contributed by atoms with van der Waals surface area (Å²) in [5.41, 5.74) is 1.08. The predicted molar refractivity (Wildman–Crippen MR) is 109 cm³/mol. The Morgan fingerprint density at radius 2 is 1.96 bits per heavy atom. The number of amides is 1. The maximum atomic E-state index is 12.6. The van der Waals surface area contributed by atoms with Gasteiger partial charge in [0, 0.05) is 19.2 Å². The number of aromatic nitrogens is 5. The summed E-state index contributed by atoms with van der Waals surface area (Å²) in [6.45, 7) is 3.49. The number of rotatable bonds is 7. The van der Waals surface area contributed by atoms with Gasteiger partial charge in [-0.25, -0.2) is 9.67 Å². The number of nitrogens with zero attached hydrogens (tertiary/aromatic N) is 6. The first-order valence-corrected chi connectivity index (χ1v) is 9.53.